The van der Waals surface area contributed by atoms with Crippen molar-refractivity contribution in [2.75, 3.05) is 6.61 Å². The molecule has 1 rings (SSSR count). The lowest BCUT2D eigenvalue weighted by atomic mass is 9.72. The van der Waals surface area contributed by atoms with E-state index in [0.717, 1.165) is 12.0 Å². The van der Waals surface area contributed by atoms with Gasteiger partial charge in [0.1, 0.15) is 0 Å². The van der Waals surface area contributed by atoms with Crippen LogP contribution < -0.4 is 0 Å². The van der Waals surface area contributed by atoms with Crippen LogP contribution in [-0.2, 0) is 9.53 Å². The molecule has 0 heterocycles. The van der Waals surface area contributed by atoms with Crippen molar-refractivity contribution in [2.45, 2.75) is 80.1 Å². The maximum Gasteiger partial charge on any atom is 0.330 e. The third-order valence-corrected chi connectivity index (χ3v) is 5.13. The Morgan fingerprint density at radius 2 is 1.96 bits per heavy atom. The van der Waals surface area contributed by atoms with E-state index in [1.165, 1.54) is 54.9 Å². The first kappa shape index (κ1) is 23.2. The van der Waals surface area contributed by atoms with Gasteiger partial charge in [0.05, 0.1) is 6.61 Å². The highest BCUT2D eigenvalue weighted by atomic mass is 16.5. The van der Waals surface area contributed by atoms with E-state index in [4.69, 9.17) is 4.74 Å². The maximum absolute atomic E-state index is 11.5. The summed E-state index contributed by atoms with van der Waals surface area (Å²) in [7, 11) is 0. The van der Waals surface area contributed by atoms with Crippen LogP contribution in [0.25, 0.3) is 0 Å². The lowest BCUT2D eigenvalue weighted by Crippen LogP contribution is -2.19. The Morgan fingerprint density at radius 3 is 2.59 bits per heavy atom. The monoisotopic (exact) mass is 370 g/mol. The number of allylic oxidation sites excluding steroid dienone is 9. The molecule has 0 atom stereocenters. The van der Waals surface area contributed by atoms with Crippen molar-refractivity contribution in [3.8, 4) is 0 Å². The van der Waals surface area contributed by atoms with Gasteiger partial charge in [-0.05, 0) is 75.0 Å². The third kappa shape index (κ3) is 8.60. The smallest absolute Gasteiger partial charge is 0.330 e. The lowest BCUT2D eigenvalue weighted by molar-refractivity contribution is -0.137. The topological polar surface area (TPSA) is 26.3 Å². The Balaban J connectivity index is 2.93. The van der Waals surface area contributed by atoms with Crippen molar-refractivity contribution in [1.29, 1.82) is 0 Å². The summed E-state index contributed by atoms with van der Waals surface area (Å²) in [6.07, 6.45) is 19.5. The van der Waals surface area contributed by atoms with E-state index in [-0.39, 0.29) is 11.4 Å². The highest BCUT2D eigenvalue weighted by Crippen LogP contribution is 2.40. The van der Waals surface area contributed by atoms with Gasteiger partial charge in [0.2, 0.25) is 0 Å². The molecule has 0 aliphatic heterocycles. The number of esters is 1. The van der Waals surface area contributed by atoms with Gasteiger partial charge in [0.25, 0.3) is 0 Å². The second kappa shape index (κ2) is 11.8. The van der Waals surface area contributed by atoms with Crippen molar-refractivity contribution >= 4 is 5.97 Å². The molecule has 0 amide bonds. The zero-order valence-electron chi connectivity index (χ0n) is 18.2. The molecule has 0 unspecified atom stereocenters. The predicted molar refractivity (Wildman–Crippen MR) is 117 cm³/mol. The third-order valence-electron chi connectivity index (χ3n) is 5.13. The molecule has 150 valence electrons. The van der Waals surface area contributed by atoms with Crippen molar-refractivity contribution in [3.05, 3.63) is 58.7 Å². The van der Waals surface area contributed by atoms with Gasteiger partial charge in [-0.2, -0.15) is 0 Å². The van der Waals surface area contributed by atoms with E-state index in [2.05, 4.69) is 45.9 Å². The number of carbonyl (C=O) groups is 1. The van der Waals surface area contributed by atoms with Crippen molar-refractivity contribution in [2.24, 2.45) is 5.41 Å². The van der Waals surface area contributed by atoms with Crippen molar-refractivity contribution < 1.29 is 9.53 Å². The average molecular weight is 371 g/mol. The molecule has 0 spiro atoms. The second-order valence-electron chi connectivity index (χ2n) is 8.11. The van der Waals surface area contributed by atoms with E-state index < -0.39 is 0 Å². The molecule has 2 heteroatoms. The van der Waals surface area contributed by atoms with Gasteiger partial charge < -0.3 is 4.74 Å². The minimum Gasteiger partial charge on any atom is -0.463 e. The van der Waals surface area contributed by atoms with Gasteiger partial charge in [-0.15, -0.1) is 0 Å². The fraction of sp³-hybridized carbons (Fsp3) is 0.560. The molecular weight excluding hydrogens is 332 g/mol. The summed E-state index contributed by atoms with van der Waals surface area (Å²) >= 11 is 0. The zero-order chi connectivity index (χ0) is 20.3. The Labute approximate surface area is 166 Å². The molecule has 0 N–H and O–H groups in total. The molecule has 0 radical (unpaired) electrons. The second-order valence-corrected chi connectivity index (χ2v) is 8.11. The normalized spacial score (nSPS) is 18.6. The number of hydrogen-bond donors (Lipinski definition) is 0. The summed E-state index contributed by atoms with van der Waals surface area (Å²) < 4.78 is 4.95. The fourth-order valence-electron chi connectivity index (χ4n) is 3.55. The molecule has 1 aliphatic rings. The minimum atomic E-state index is -0.281. The van der Waals surface area contributed by atoms with Gasteiger partial charge in [0, 0.05) is 6.08 Å². The van der Waals surface area contributed by atoms with E-state index in [1.54, 1.807) is 0 Å². The van der Waals surface area contributed by atoms with Gasteiger partial charge in [-0.1, -0.05) is 63.1 Å². The van der Waals surface area contributed by atoms with Gasteiger partial charge >= 0.3 is 5.97 Å². The number of hydrogen-bond acceptors (Lipinski definition) is 2. The Kier molecular flexibility index (Phi) is 10.1. The van der Waals surface area contributed by atoms with Crippen molar-refractivity contribution in [1.82, 2.24) is 0 Å². The molecule has 0 bridgehead atoms. The van der Waals surface area contributed by atoms with Crippen LogP contribution in [0.2, 0.25) is 0 Å². The first-order chi connectivity index (χ1) is 12.8. The summed E-state index contributed by atoms with van der Waals surface area (Å²) in [6.45, 7) is 13.4. The minimum absolute atomic E-state index is 0.267. The van der Waals surface area contributed by atoms with Crippen LogP contribution in [0.5, 0.6) is 0 Å². The largest absolute Gasteiger partial charge is 0.463 e. The molecule has 0 aromatic carbocycles. The summed E-state index contributed by atoms with van der Waals surface area (Å²) in [6, 6.07) is 0. The predicted octanol–water partition coefficient (Wildman–Crippen LogP) is 7.25. The summed E-state index contributed by atoms with van der Waals surface area (Å²) in [5.41, 5.74) is 5.53. The highest BCUT2D eigenvalue weighted by Gasteiger charge is 2.26. The number of carbonyl (C=O) groups excluding carboxylic acids is 1. The quantitative estimate of drug-likeness (QED) is 0.243. The molecule has 0 fully saturated rings. The Hall–Kier alpha value is -1.83. The zero-order valence-corrected chi connectivity index (χ0v) is 18.2. The van der Waals surface area contributed by atoms with E-state index in [0.29, 0.717) is 6.61 Å². The summed E-state index contributed by atoms with van der Waals surface area (Å²) in [5.74, 6) is -0.281. The molecule has 1 aliphatic carbocycles. The van der Waals surface area contributed by atoms with Crippen LogP contribution in [0, 0.1) is 5.41 Å². The molecule has 0 aromatic rings. The lowest BCUT2D eigenvalue weighted by Gasteiger charge is -2.33. The van der Waals surface area contributed by atoms with Crippen LogP contribution >= 0.6 is 0 Å². The van der Waals surface area contributed by atoms with Gasteiger partial charge in [-0.3, -0.25) is 0 Å². The average Bonchev–Trinajstić information content (AvgIpc) is 2.58. The molecule has 0 saturated heterocycles. The van der Waals surface area contributed by atoms with Crippen LogP contribution in [0.1, 0.15) is 80.1 Å². The van der Waals surface area contributed by atoms with Crippen LogP contribution in [-0.4, -0.2) is 12.6 Å². The first-order valence-electron chi connectivity index (χ1n) is 10.4. The standard InChI is InChI=1S/C25H38O2/c1-7-9-14-22(15-10-12-20(3)19-24(26)27-8-2)16-17-23-21(4)13-11-18-25(23,5)6/h10,12,15-17,19H,7-9,11,13-14,18H2,1-6H3/b12-10+,17-16+,20-19+,22-15-. The summed E-state index contributed by atoms with van der Waals surface area (Å²) in [4.78, 5) is 11.5. The van der Waals surface area contributed by atoms with Crippen molar-refractivity contribution in [3.63, 3.8) is 0 Å². The van der Waals surface area contributed by atoms with Gasteiger partial charge in [-0.25, -0.2) is 4.79 Å². The molecule has 2 nitrogen and oxygen atoms in total. The SMILES string of the molecule is CCCCC(=C/C=C/C(C)=C/C(=O)OCC)/C=C/C1=C(C)CCCC1(C)C. The fourth-order valence-corrected chi connectivity index (χ4v) is 3.55. The summed E-state index contributed by atoms with van der Waals surface area (Å²) in [5, 5.41) is 0. The number of rotatable bonds is 9. The van der Waals surface area contributed by atoms with Crippen LogP contribution in [0.15, 0.2) is 58.7 Å². The number of ether oxygens (including phenoxy) is 1. The molecule has 0 aromatic heterocycles. The van der Waals surface area contributed by atoms with E-state index in [1.807, 2.05) is 26.0 Å². The molecule has 27 heavy (non-hydrogen) atoms. The Morgan fingerprint density at radius 1 is 1.22 bits per heavy atom. The first-order valence-corrected chi connectivity index (χ1v) is 10.4. The van der Waals surface area contributed by atoms with Gasteiger partial charge in [0.15, 0.2) is 0 Å². The molecular formula is C25H38O2. The maximum atomic E-state index is 11.5. The Bertz CT molecular complexity index is 639. The number of unbranched alkanes of at least 4 members (excludes halogenated alkanes) is 1. The van der Waals surface area contributed by atoms with E-state index in [9.17, 15) is 4.79 Å². The van der Waals surface area contributed by atoms with Crippen LogP contribution in [0.4, 0.5) is 0 Å². The van der Waals surface area contributed by atoms with Crippen LogP contribution in [0.3, 0.4) is 0 Å². The molecule has 0 saturated carbocycles. The highest BCUT2D eigenvalue weighted by molar-refractivity contribution is 5.83. The van der Waals surface area contributed by atoms with E-state index >= 15 is 0 Å².